The molecule has 3 saturated heterocycles. The van der Waals surface area contributed by atoms with E-state index < -0.39 is 10.0 Å². The Morgan fingerprint density at radius 1 is 1.12 bits per heavy atom. The van der Waals surface area contributed by atoms with Crippen molar-refractivity contribution in [2.24, 2.45) is 11.3 Å². The molecule has 0 bridgehead atoms. The number of carbonyl (C=O) groups excluding carboxylic acids is 1. The number of likely N-dealkylation sites (tertiary alicyclic amines) is 2. The molecule has 150 valence electrons. The van der Waals surface area contributed by atoms with Gasteiger partial charge in [0.1, 0.15) is 0 Å². The van der Waals surface area contributed by atoms with Crippen LogP contribution in [0.1, 0.15) is 32.1 Å². The van der Waals surface area contributed by atoms with Gasteiger partial charge in [0, 0.05) is 38.7 Å². The van der Waals surface area contributed by atoms with Crippen LogP contribution in [-0.2, 0) is 19.6 Å². The number of hydrogen-bond donors (Lipinski definition) is 0. The van der Waals surface area contributed by atoms with Crippen LogP contribution in [0.2, 0.25) is 0 Å². The molecule has 0 unspecified atom stereocenters. The molecular weight excluding hydrogens is 354 g/mol. The van der Waals surface area contributed by atoms with E-state index in [1.54, 1.807) is 11.4 Å². The molecule has 0 aromatic heterocycles. The number of fused-ring (bicyclic) bond motifs is 1. The summed E-state index contributed by atoms with van der Waals surface area (Å²) in [5, 5.41) is 0. The number of sulfonamides is 1. The summed E-state index contributed by atoms with van der Waals surface area (Å²) in [5.41, 5.74) is -0.156. The number of ether oxygens (including phenoxy) is 1. The van der Waals surface area contributed by atoms with Gasteiger partial charge in [0.2, 0.25) is 15.9 Å². The fourth-order valence-corrected chi connectivity index (χ4v) is 5.76. The molecule has 0 saturated carbocycles. The Kier molecular flexibility index (Phi) is 6.26. The quantitative estimate of drug-likeness (QED) is 0.692. The topological polar surface area (TPSA) is 70.2 Å². The van der Waals surface area contributed by atoms with Crippen molar-refractivity contribution in [2.75, 3.05) is 65.8 Å². The molecule has 3 aliphatic heterocycles. The van der Waals surface area contributed by atoms with Crippen LogP contribution in [0.15, 0.2) is 0 Å². The monoisotopic (exact) mass is 387 g/mol. The molecule has 3 rings (SSSR count). The Balaban J connectivity index is 1.64. The maximum absolute atomic E-state index is 12.8. The van der Waals surface area contributed by atoms with E-state index in [2.05, 4.69) is 4.90 Å². The first-order valence-electron chi connectivity index (χ1n) is 9.78. The lowest BCUT2D eigenvalue weighted by Crippen LogP contribution is -2.52. The molecule has 0 N–H and O–H groups in total. The number of rotatable bonds is 5. The molecule has 3 fully saturated rings. The Morgan fingerprint density at radius 3 is 2.42 bits per heavy atom. The second-order valence-electron chi connectivity index (χ2n) is 8.33. The second-order valence-corrected chi connectivity index (χ2v) is 10.3. The van der Waals surface area contributed by atoms with Gasteiger partial charge < -0.3 is 9.64 Å². The minimum absolute atomic E-state index is 0.152. The second kappa shape index (κ2) is 8.12. The van der Waals surface area contributed by atoms with Gasteiger partial charge in [-0.3, -0.25) is 9.69 Å². The first kappa shape index (κ1) is 20.0. The highest BCUT2D eigenvalue weighted by Gasteiger charge is 2.52. The number of hydrogen-bond acceptors (Lipinski definition) is 5. The third kappa shape index (κ3) is 4.40. The first-order chi connectivity index (χ1) is 12.3. The summed E-state index contributed by atoms with van der Waals surface area (Å²) in [5.74, 6) is 0.342. The van der Waals surface area contributed by atoms with E-state index in [0.29, 0.717) is 39.3 Å². The largest absolute Gasteiger partial charge is 0.384 e. The molecule has 0 aromatic rings. The minimum Gasteiger partial charge on any atom is -0.384 e. The molecule has 2 atom stereocenters. The Hall–Kier alpha value is -0.700. The summed E-state index contributed by atoms with van der Waals surface area (Å²) in [6, 6.07) is 0. The highest BCUT2D eigenvalue weighted by Crippen LogP contribution is 2.43. The normalized spacial score (nSPS) is 31.6. The van der Waals surface area contributed by atoms with Crippen molar-refractivity contribution in [1.82, 2.24) is 14.1 Å². The van der Waals surface area contributed by atoms with Gasteiger partial charge in [-0.1, -0.05) is 12.8 Å². The maximum Gasteiger partial charge on any atom is 0.236 e. The van der Waals surface area contributed by atoms with E-state index in [1.165, 1.54) is 31.9 Å². The van der Waals surface area contributed by atoms with E-state index in [1.807, 2.05) is 4.90 Å². The molecule has 1 amide bonds. The molecule has 3 aliphatic rings. The predicted molar refractivity (Wildman–Crippen MR) is 100 cm³/mol. The number of amides is 1. The van der Waals surface area contributed by atoms with Crippen molar-refractivity contribution in [3.8, 4) is 0 Å². The molecule has 26 heavy (non-hydrogen) atoms. The van der Waals surface area contributed by atoms with Gasteiger partial charge in [-0.25, -0.2) is 12.7 Å². The van der Waals surface area contributed by atoms with Gasteiger partial charge >= 0.3 is 0 Å². The van der Waals surface area contributed by atoms with Gasteiger partial charge in [-0.15, -0.1) is 0 Å². The van der Waals surface area contributed by atoms with Crippen LogP contribution in [0.25, 0.3) is 0 Å². The summed E-state index contributed by atoms with van der Waals surface area (Å²) in [4.78, 5) is 17.1. The van der Waals surface area contributed by atoms with Gasteiger partial charge in [0.05, 0.1) is 19.4 Å². The third-order valence-corrected chi connectivity index (χ3v) is 7.63. The zero-order valence-corrected chi connectivity index (χ0v) is 17.0. The molecule has 0 radical (unpaired) electrons. The standard InChI is InChI=1S/C18H33N3O4S/c1-25-15-18-7-10-20(11-16(18)12-21(14-18)26(2,23)24)17(22)13-19-8-5-3-4-6-9-19/h16H,3-15H2,1-2H3/t16-,18+/m1/s1. The molecular formula is C18H33N3O4S. The smallest absolute Gasteiger partial charge is 0.236 e. The van der Waals surface area contributed by atoms with Crippen molar-refractivity contribution in [3.05, 3.63) is 0 Å². The highest BCUT2D eigenvalue weighted by atomic mass is 32.2. The fourth-order valence-electron chi connectivity index (χ4n) is 4.82. The first-order valence-corrected chi connectivity index (χ1v) is 11.6. The van der Waals surface area contributed by atoms with Gasteiger partial charge in [-0.2, -0.15) is 0 Å². The van der Waals surface area contributed by atoms with E-state index in [4.69, 9.17) is 4.74 Å². The van der Waals surface area contributed by atoms with Gasteiger partial charge in [0.25, 0.3) is 0 Å². The van der Waals surface area contributed by atoms with Crippen LogP contribution < -0.4 is 0 Å². The molecule has 3 heterocycles. The van der Waals surface area contributed by atoms with Crippen LogP contribution in [0.3, 0.4) is 0 Å². The molecule has 0 aliphatic carbocycles. The van der Waals surface area contributed by atoms with Crippen LogP contribution in [0.4, 0.5) is 0 Å². The summed E-state index contributed by atoms with van der Waals surface area (Å²) in [6.45, 7) is 5.43. The van der Waals surface area contributed by atoms with Gasteiger partial charge in [-0.05, 0) is 38.3 Å². The number of methoxy groups -OCH3 is 1. The van der Waals surface area contributed by atoms with Gasteiger partial charge in [0.15, 0.2) is 0 Å². The lowest BCUT2D eigenvalue weighted by atomic mass is 9.73. The van der Waals surface area contributed by atoms with Crippen molar-refractivity contribution in [3.63, 3.8) is 0 Å². The summed E-state index contributed by atoms with van der Waals surface area (Å²) in [6.07, 6.45) is 6.96. The van der Waals surface area contributed by atoms with E-state index in [9.17, 15) is 13.2 Å². The Labute approximate surface area is 157 Å². The van der Waals surface area contributed by atoms with E-state index in [-0.39, 0.29) is 17.2 Å². The van der Waals surface area contributed by atoms with Crippen LogP contribution >= 0.6 is 0 Å². The Bertz CT molecular complexity index is 604. The van der Waals surface area contributed by atoms with E-state index >= 15 is 0 Å². The van der Waals surface area contributed by atoms with Crippen LogP contribution in [0, 0.1) is 11.3 Å². The zero-order chi connectivity index (χ0) is 18.8. The summed E-state index contributed by atoms with van der Waals surface area (Å²) < 4.78 is 31.1. The fraction of sp³-hybridized carbons (Fsp3) is 0.944. The number of piperidine rings is 1. The van der Waals surface area contributed by atoms with Crippen molar-refractivity contribution in [1.29, 1.82) is 0 Å². The summed E-state index contributed by atoms with van der Waals surface area (Å²) in [7, 11) is -1.54. The van der Waals surface area contributed by atoms with Crippen molar-refractivity contribution >= 4 is 15.9 Å². The molecule has 0 aromatic carbocycles. The minimum atomic E-state index is -3.22. The lowest BCUT2D eigenvalue weighted by Gasteiger charge is -2.43. The SMILES string of the molecule is COC[C@@]12CCN(C(=O)CN3CCCCCC3)C[C@@H]1CN(S(C)(=O)=O)C2. The van der Waals surface area contributed by atoms with E-state index in [0.717, 1.165) is 19.5 Å². The average Bonchev–Trinajstić information content (AvgIpc) is 2.77. The zero-order valence-electron chi connectivity index (χ0n) is 16.2. The summed E-state index contributed by atoms with van der Waals surface area (Å²) >= 11 is 0. The maximum atomic E-state index is 12.8. The average molecular weight is 388 g/mol. The third-order valence-electron chi connectivity index (χ3n) is 6.41. The number of carbonyl (C=O) groups is 1. The molecule has 8 heteroatoms. The van der Waals surface area contributed by atoms with Crippen molar-refractivity contribution in [2.45, 2.75) is 32.1 Å². The van der Waals surface area contributed by atoms with Crippen LogP contribution in [0.5, 0.6) is 0 Å². The number of nitrogens with zero attached hydrogens (tertiary/aromatic N) is 3. The molecule has 7 nitrogen and oxygen atoms in total. The van der Waals surface area contributed by atoms with Crippen molar-refractivity contribution < 1.29 is 17.9 Å². The van der Waals surface area contributed by atoms with Crippen LogP contribution in [-0.4, -0.2) is 94.2 Å². The molecule has 0 spiro atoms. The highest BCUT2D eigenvalue weighted by molar-refractivity contribution is 7.88. The lowest BCUT2D eigenvalue weighted by molar-refractivity contribution is -0.136. The predicted octanol–water partition coefficient (Wildman–Crippen LogP) is 0.619. The Morgan fingerprint density at radius 2 is 1.81 bits per heavy atom.